The number of hydrogen-bond acceptors (Lipinski definition) is 5. The van der Waals surface area contributed by atoms with Gasteiger partial charge in [-0.3, -0.25) is 9.36 Å². The quantitative estimate of drug-likeness (QED) is 0.559. The maximum Gasteiger partial charge on any atom is 0.251 e. The molecule has 1 amide bonds. The van der Waals surface area contributed by atoms with Crippen LogP contribution >= 0.6 is 0 Å². The summed E-state index contributed by atoms with van der Waals surface area (Å²) < 4.78 is 3.64. The molecular weight excluding hydrogens is 354 g/mol. The third kappa shape index (κ3) is 3.96. The number of pyridine rings is 1. The first-order valence-corrected chi connectivity index (χ1v) is 8.84. The lowest BCUT2D eigenvalue weighted by atomic mass is 10.1. The van der Waals surface area contributed by atoms with Crippen LogP contribution in [0.25, 0.3) is 5.82 Å². The van der Waals surface area contributed by atoms with Crippen LogP contribution in [0, 0.1) is 6.92 Å². The number of benzene rings is 1. The fourth-order valence-electron chi connectivity index (χ4n) is 2.87. The van der Waals surface area contributed by atoms with Crippen LogP contribution in [0.3, 0.4) is 0 Å². The molecule has 8 heteroatoms. The number of nitrogens with one attached hydrogen (secondary N) is 1. The van der Waals surface area contributed by atoms with Crippen molar-refractivity contribution in [2.24, 2.45) is 0 Å². The summed E-state index contributed by atoms with van der Waals surface area (Å²) >= 11 is 0. The number of imidazole rings is 1. The molecule has 0 fully saturated rings. The molecule has 1 N–H and O–H groups in total. The van der Waals surface area contributed by atoms with Crippen LogP contribution in [0.1, 0.15) is 27.3 Å². The van der Waals surface area contributed by atoms with Gasteiger partial charge in [-0.25, -0.2) is 19.6 Å². The van der Waals surface area contributed by atoms with E-state index in [9.17, 15) is 4.79 Å². The Balaban J connectivity index is 1.38. The van der Waals surface area contributed by atoms with Gasteiger partial charge < -0.3 is 5.32 Å². The highest BCUT2D eigenvalue weighted by Crippen LogP contribution is 2.10. The van der Waals surface area contributed by atoms with E-state index in [0.717, 1.165) is 22.8 Å². The van der Waals surface area contributed by atoms with Crippen molar-refractivity contribution in [1.82, 2.24) is 34.6 Å². The van der Waals surface area contributed by atoms with Crippen LogP contribution in [-0.4, -0.2) is 35.2 Å². The summed E-state index contributed by atoms with van der Waals surface area (Å²) in [5.74, 6) is 1.52. The molecule has 0 unspecified atom stereocenters. The monoisotopic (exact) mass is 373 g/mol. The van der Waals surface area contributed by atoms with Gasteiger partial charge in [0.25, 0.3) is 5.91 Å². The van der Waals surface area contributed by atoms with E-state index in [-0.39, 0.29) is 5.91 Å². The van der Waals surface area contributed by atoms with Crippen molar-refractivity contribution in [1.29, 1.82) is 0 Å². The number of nitrogens with zero attached hydrogens (tertiary/aromatic N) is 6. The molecule has 0 saturated carbocycles. The molecule has 0 saturated heterocycles. The van der Waals surface area contributed by atoms with Crippen molar-refractivity contribution in [3.63, 3.8) is 0 Å². The number of carbonyl (C=O) groups excluding carboxylic acids is 1. The van der Waals surface area contributed by atoms with Crippen molar-refractivity contribution >= 4 is 5.91 Å². The molecular formula is C20H19N7O. The van der Waals surface area contributed by atoms with Crippen molar-refractivity contribution in [3.05, 3.63) is 90.2 Å². The molecule has 0 radical (unpaired) electrons. The van der Waals surface area contributed by atoms with Crippen molar-refractivity contribution in [3.8, 4) is 5.82 Å². The smallest absolute Gasteiger partial charge is 0.251 e. The molecule has 0 aliphatic heterocycles. The Morgan fingerprint density at radius 1 is 1.07 bits per heavy atom. The van der Waals surface area contributed by atoms with E-state index in [0.29, 0.717) is 18.7 Å². The molecule has 4 aromatic rings. The van der Waals surface area contributed by atoms with E-state index in [2.05, 4.69) is 25.4 Å². The Labute approximate surface area is 161 Å². The SMILES string of the molecule is Cc1nccn1-c1cc(CNC(=O)c2ccc(Cn3cncn3)cc2)ccn1. The Kier molecular flexibility index (Phi) is 4.92. The summed E-state index contributed by atoms with van der Waals surface area (Å²) in [6.45, 7) is 2.96. The maximum absolute atomic E-state index is 12.4. The third-order valence-electron chi connectivity index (χ3n) is 4.36. The second kappa shape index (κ2) is 7.83. The van der Waals surface area contributed by atoms with Crippen molar-refractivity contribution in [2.75, 3.05) is 0 Å². The Bertz CT molecular complexity index is 1070. The Morgan fingerprint density at radius 3 is 2.64 bits per heavy atom. The van der Waals surface area contributed by atoms with Crippen LogP contribution in [0.15, 0.2) is 67.6 Å². The van der Waals surface area contributed by atoms with Gasteiger partial charge in [-0.1, -0.05) is 12.1 Å². The highest BCUT2D eigenvalue weighted by atomic mass is 16.1. The van der Waals surface area contributed by atoms with Crippen molar-refractivity contribution < 1.29 is 4.79 Å². The van der Waals surface area contributed by atoms with Crippen LogP contribution in [0.2, 0.25) is 0 Å². The van der Waals surface area contributed by atoms with Gasteiger partial charge in [0.2, 0.25) is 0 Å². The lowest BCUT2D eigenvalue weighted by Gasteiger charge is -2.09. The fraction of sp³-hybridized carbons (Fsp3) is 0.150. The van der Waals surface area contributed by atoms with Crippen LogP contribution in [-0.2, 0) is 13.1 Å². The average molecular weight is 373 g/mol. The molecule has 0 aliphatic rings. The maximum atomic E-state index is 12.4. The molecule has 28 heavy (non-hydrogen) atoms. The first kappa shape index (κ1) is 17.6. The van der Waals surface area contributed by atoms with E-state index in [1.54, 1.807) is 23.4 Å². The molecule has 3 heterocycles. The van der Waals surface area contributed by atoms with Crippen LogP contribution < -0.4 is 5.32 Å². The summed E-state index contributed by atoms with van der Waals surface area (Å²) in [5.41, 5.74) is 2.63. The summed E-state index contributed by atoms with van der Waals surface area (Å²) in [6.07, 6.45) is 8.49. The molecule has 0 bridgehead atoms. The average Bonchev–Trinajstić information content (AvgIpc) is 3.38. The second-order valence-corrected chi connectivity index (χ2v) is 6.34. The standard InChI is InChI=1S/C20H19N7O/c1-15-22-8-9-27(15)19-10-17(6-7-23-19)11-24-20(28)18-4-2-16(3-5-18)12-26-14-21-13-25-26/h2-10,13-14H,11-12H2,1H3,(H,24,28). The molecule has 140 valence electrons. The molecule has 3 aromatic heterocycles. The van der Waals surface area contributed by atoms with Gasteiger partial charge in [0, 0.05) is 30.7 Å². The summed E-state index contributed by atoms with van der Waals surface area (Å²) in [4.78, 5) is 24.9. The second-order valence-electron chi connectivity index (χ2n) is 6.34. The molecule has 0 atom stereocenters. The van der Waals surface area contributed by atoms with Gasteiger partial charge >= 0.3 is 0 Å². The summed E-state index contributed by atoms with van der Waals surface area (Å²) in [5, 5.41) is 7.03. The Morgan fingerprint density at radius 2 is 1.93 bits per heavy atom. The highest BCUT2D eigenvalue weighted by Gasteiger charge is 2.07. The largest absolute Gasteiger partial charge is 0.348 e. The van der Waals surface area contributed by atoms with E-state index in [1.807, 2.05) is 54.1 Å². The third-order valence-corrected chi connectivity index (χ3v) is 4.36. The zero-order valence-electron chi connectivity index (χ0n) is 15.4. The van der Waals surface area contributed by atoms with Gasteiger partial charge in [-0.05, 0) is 42.3 Å². The first-order valence-electron chi connectivity index (χ1n) is 8.84. The summed E-state index contributed by atoms with van der Waals surface area (Å²) in [6, 6.07) is 11.3. The zero-order chi connectivity index (χ0) is 19.3. The number of hydrogen-bond donors (Lipinski definition) is 1. The minimum atomic E-state index is -0.121. The molecule has 0 spiro atoms. The topological polar surface area (TPSA) is 90.5 Å². The molecule has 4 rings (SSSR count). The minimum Gasteiger partial charge on any atom is -0.348 e. The minimum absolute atomic E-state index is 0.121. The van der Waals surface area contributed by atoms with Gasteiger partial charge in [-0.15, -0.1) is 0 Å². The number of aryl methyl sites for hydroxylation is 1. The number of amides is 1. The van der Waals surface area contributed by atoms with E-state index in [4.69, 9.17) is 0 Å². The lowest BCUT2D eigenvalue weighted by Crippen LogP contribution is -2.23. The number of aromatic nitrogens is 6. The van der Waals surface area contributed by atoms with Gasteiger partial charge in [0.05, 0.1) is 6.54 Å². The first-order chi connectivity index (χ1) is 13.7. The molecule has 1 aromatic carbocycles. The number of rotatable bonds is 6. The van der Waals surface area contributed by atoms with Crippen molar-refractivity contribution in [2.45, 2.75) is 20.0 Å². The molecule has 8 nitrogen and oxygen atoms in total. The highest BCUT2D eigenvalue weighted by molar-refractivity contribution is 5.94. The van der Waals surface area contributed by atoms with Crippen LogP contribution in [0.5, 0.6) is 0 Å². The van der Waals surface area contributed by atoms with Gasteiger partial charge in [0.15, 0.2) is 0 Å². The molecule has 0 aliphatic carbocycles. The van der Waals surface area contributed by atoms with E-state index < -0.39 is 0 Å². The zero-order valence-corrected chi connectivity index (χ0v) is 15.4. The van der Waals surface area contributed by atoms with Crippen LogP contribution in [0.4, 0.5) is 0 Å². The predicted molar refractivity (Wildman–Crippen MR) is 103 cm³/mol. The summed E-state index contributed by atoms with van der Waals surface area (Å²) in [7, 11) is 0. The predicted octanol–water partition coefficient (Wildman–Crippen LogP) is 2.15. The van der Waals surface area contributed by atoms with Gasteiger partial charge in [-0.2, -0.15) is 5.10 Å². The van der Waals surface area contributed by atoms with E-state index >= 15 is 0 Å². The van der Waals surface area contributed by atoms with E-state index in [1.165, 1.54) is 6.33 Å². The number of carbonyl (C=O) groups is 1. The lowest BCUT2D eigenvalue weighted by molar-refractivity contribution is 0.0951. The fourth-order valence-corrected chi connectivity index (χ4v) is 2.87. The van der Waals surface area contributed by atoms with Gasteiger partial charge in [0.1, 0.15) is 24.3 Å². The normalized spacial score (nSPS) is 10.8. The Hall–Kier alpha value is -3.81.